The van der Waals surface area contributed by atoms with Crippen molar-refractivity contribution >= 4 is 22.1 Å². The Kier molecular flexibility index (Phi) is 4.93. The number of aryl methyl sites for hydroxylation is 2. The molecule has 2 atom stereocenters. The van der Waals surface area contributed by atoms with Gasteiger partial charge in [-0.15, -0.1) is 0 Å². The number of hydrogen-bond donors (Lipinski definition) is 0. The molecule has 0 fully saturated rings. The number of hydrogen-bond acceptors (Lipinski definition) is 2. The summed E-state index contributed by atoms with van der Waals surface area (Å²) in [6, 6.07) is 33.7. The second-order valence-electron chi connectivity index (χ2n) is 11.4. The zero-order chi connectivity index (χ0) is 27.1. The second kappa shape index (κ2) is 8.46. The molecule has 6 nitrogen and oxygen atoms in total. The van der Waals surface area contributed by atoms with Gasteiger partial charge in [-0.3, -0.25) is 18.3 Å². The number of aromatic nitrogens is 4. The maximum atomic E-state index is 13.6. The van der Waals surface area contributed by atoms with Gasteiger partial charge in [-0.05, 0) is 58.4 Å². The third kappa shape index (κ3) is 3.04. The lowest BCUT2D eigenvalue weighted by atomic mass is 9.54. The van der Waals surface area contributed by atoms with Crippen molar-refractivity contribution in [3.8, 4) is 0 Å². The highest BCUT2D eigenvalue weighted by Gasteiger charge is 2.50. The van der Waals surface area contributed by atoms with Crippen LogP contribution in [0.25, 0.3) is 22.1 Å². The summed E-state index contributed by atoms with van der Waals surface area (Å²) in [5, 5.41) is 0. The monoisotopic (exact) mass is 526 g/mol. The molecule has 4 aromatic carbocycles. The first kappa shape index (κ1) is 23.3. The Morgan fingerprint density at radius 1 is 0.475 bits per heavy atom. The smallest absolute Gasteiger partial charge is 0.295 e. The van der Waals surface area contributed by atoms with E-state index in [-0.39, 0.29) is 35.1 Å². The minimum Gasteiger partial charge on any atom is -0.295 e. The van der Waals surface area contributed by atoms with Gasteiger partial charge < -0.3 is 0 Å². The summed E-state index contributed by atoms with van der Waals surface area (Å²) >= 11 is 0. The molecule has 0 amide bonds. The molecule has 40 heavy (non-hydrogen) atoms. The Bertz CT molecular complexity index is 1880. The maximum Gasteiger partial charge on any atom is 0.328 e. The second-order valence-corrected chi connectivity index (χ2v) is 11.4. The molecule has 0 N–H and O–H groups in total. The van der Waals surface area contributed by atoms with E-state index in [2.05, 4.69) is 48.5 Å². The Morgan fingerprint density at radius 2 is 0.775 bits per heavy atom. The first-order valence-corrected chi connectivity index (χ1v) is 14.0. The summed E-state index contributed by atoms with van der Waals surface area (Å²) in [6.07, 6.45) is 0. The molecule has 0 aliphatic heterocycles. The first-order chi connectivity index (χ1) is 19.5. The predicted octanol–water partition coefficient (Wildman–Crippen LogP) is 5.22. The molecule has 198 valence electrons. The van der Waals surface area contributed by atoms with Gasteiger partial charge >= 0.3 is 11.4 Å². The van der Waals surface area contributed by atoms with Crippen LogP contribution in [0.3, 0.4) is 0 Å². The van der Waals surface area contributed by atoms with Gasteiger partial charge in [0, 0.05) is 39.0 Å². The van der Waals surface area contributed by atoms with Crippen molar-refractivity contribution in [2.24, 2.45) is 25.9 Å². The van der Waals surface area contributed by atoms with Crippen molar-refractivity contribution < 1.29 is 0 Å². The minimum atomic E-state index is 0.00490. The molecular formula is C34H30N4O2. The Morgan fingerprint density at radius 3 is 1.12 bits per heavy atom. The normalized spacial score (nSPS) is 21.1. The molecular weight excluding hydrogens is 496 g/mol. The van der Waals surface area contributed by atoms with Crippen molar-refractivity contribution in [2.45, 2.75) is 24.9 Å². The van der Waals surface area contributed by atoms with E-state index < -0.39 is 0 Å². The van der Waals surface area contributed by atoms with Crippen LogP contribution in [0.4, 0.5) is 0 Å². The lowest BCUT2D eigenvalue weighted by Crippen LogP contribution is -2.45. The van der Waals surface area contributed by atoms with Crippen LogP contribution in [0.5, 0.6) is 0 Å². The van der Waals surface area contributed by atoms with Crippen molar-refractivity contribution in [3.05, 3.63) is 140 Å². The van der Waals surface area contributed by atoms with Gasteiger partial charge in [0.05, 0.1) is 22.1 Å². The van der Waals surface area contributed by atoms with E-state index >= 15 is 0 Å². The Balaban J connectivity index is 1.36. The van der Waals surface area contributed by atoms with E-state index in [9.17, 15) is 9.59 Å². The maximum absolute atomic E-state index is 13.6. The number of nitrogens with zero attached hydrogens (tertiary/aromatic N) is 4. The number of fused-ring (bicyclic) bond motifs is 3. The lowest BCUT2D eigenvalue weighted by Gasteiger charge is -2.51. The fraction of sp³-hybridized carbons (Fsp3) is 0.235. The van der Waals surface area contributed by atoms with E-state index in [1.165, 1.54) is 22.3 Å². The van der Waals surface area contributed by atoms with E-state index in [1.807, 2.05) is 71.8 Å². The highest BCUT2D eigenvalue weighted by Crippen LogP contribution is 2.59. The fourth-order valence-corrected chi connectivity index (χ4v) is 7.89. The van der Waals surface area contributed by atoms with Crippen LogP contribution < -0.4 is 11.4 Å². The molecule has 6 aromatic rings. The number of benzene rings is 4. The number of para-hydroxylation sites is 4. The van der Waals surface area contributed by atoms with E-state index in [4.69, 9.17) is 0 Å². The SMILES string of the molecule is Cn1c(=O)n(C[C@H]2C3c4ccccc4C(c4ccccc43)[C@@H]2Cn2c(=O)n(C)c3ccccc32)c2ccccc21. The third-order valence-electron chi connectivity index (χ3n) is 9.63. The molecule has 2 heterocycles. The Labute approximate surface area is 231 Å². The van der Waals surface area contributed by atoms with Gasteiger partial charge in [-0.1, -0.05) is 72.8 Å². The summed E-state index contributed by atoms with van der Waals surface area (Å²) in [4.78, 5) is 27.2. The quantitative estimate of drug-likeness (QED) is 0.316. The van der Waals surface area contributed by atoms with Crippen LogP contribution in [-0.4, -0.2) is 18.3 Å². The third-order valence-corrected chi connectivity index (χ3v) is 9.63. The van der Waals surface area contributed by atoms with Crippen LogP contribution in [0.2, 0.25) is 0 Å². The minimum absolute atomic E-state index is 0.00490. The van der Waals surface area contributed by atoms with E-state index in [0.717, 1.165) is 22.1 Å². The summed E-state index contributed by atoms with van der Waals surface area (Å²) in [7, 11) is 3.71. The molecule has 0 saturated heterocycles. The van der Waals surface area contributed by atoms with Crippen LogP contribution in [0.1, 0.15) is 34.1 Å². The van der Waals surface area contributed by atoms with Crippen molar-refractivity contribution in [3.63, 3.8) is 0 Å². The zero-order valence-corrected chi connectivity index (χ0v) is 22.6. The highest BCUT2D eigenvalue weighted by atomic mass is 16.2. The van der Waals surface area contributed by atoms with Gasteiger partial charge in [-0.25, -0.2) is 9.59 Å². The van der Waals surface area contributed by atoms with Gasteiger partial charge in [0.15, 0.2) is 0 Å². The molecule has 6 heteroatoms. The fourth-order valence-electron chi connectivity index (χ4n) is 7.89. The summed E-state index contributed by atoms with van der Waals surface area (Å²) in [6.45, 7) is 1.18. The molecule has 0 saturated carbocycles. The standard InChI is InChI=1S/C34H30N4O2/c1-35-27-15-7-9-17-29(27)37(33(35)39)19-25-26(20-38-30-18-10-8-16-28(30)36(2)34(38)40)32-23-13-5-3-11-21(23)31(25)22-12-4-6-14-24(22)32/h3-18,25-26,31-32H,19-20H2,1-2H3/t25-,26-,31?,32?/m1/s1. The zero-order valence-electron chi connectivity index (χ0n) is 22.6. The van der Waals surface area contributed by atoms with Gasteiger partial charge in [-0.2, -0.15) is 0 Å². The number of imidazole rings is 2. The molecule has 0 spiro atoms. The van der Waals surface area contributed by atoms with Gasteiger partial charge in [0.2, 0.25) is 0 Å². The first-order valence-electron chi connectivity index (χ1n) is 14.0. The lowest BCUT2D eigenvalue weighted by molar-refractivity contribution is 0.181. The van der Waals surface area contributed by atoms with Gasteiger partial charge in [0.1, 0.15) is 0 Å². The average molecular weight is 527 g/mol. The van der Waals surface area contributed by atoms with Crippen molar-refractivity contribution in [1.82, 2.24) is 18.3 Å². The molecule has 9 rings (SSSR count). The van der Waals surface area contributed by atoms with Crippen molar-refractivity contribution in [2.75, 3.05) is 0 Å². The van der Waals surface area contributed by atoms with Crippen LogP contribution in [-0.2, 0) is 27.2 Å². The van der Waals surface area contributed by atoms with E-state index in [0.29, 0.717) is 13.1 Å². The average Bonchev–Trinajstić information content (AvgIpc) is 3.38. The molecule has 3 aliphatic carbocycles. The summed E-state index contributed by atoms with van der Waals surface area (Å²) in [5.74, 6) is 0.534. The molecule has 0 radical (unpaired) electrons. The van der Waals surface area contributed by atoms with Crippen molar-refractivity contribution in [1.29, 1.82) is 0 Å². The molecule has 3 aliphatic rings. The molecule has 2 bridgehead atoms. The van der Waals surface area contributed by atoms with Gasteiger partial charge in [0.25, 0.3) is 0 Å². The summed E-state index contributed by atoms with van der Waals surface area (Å²) < 4.78 is 7.43. The largest absolute Gasteiger partial charge is 0.328 e. The molecule has 0 unspecified atom stereocenters. The van der Waals surface area contributed by atoms with E-state index in [1.54, 1.807) is 9.13 Å². The summed E-state index contributed by atoms with van der Waals surface area (Å²) in [5.41, 5.74) is 9.22. The van der Waals surface area contributed by atoms with Crippen LogP contribution in [0.15, 0.2) is 107 Å². The highest BCUT2D eigenvalue weighted by molar-refractivity contribution is 5.76. The topological polar surface area (TPSA) is 53.9 Å². The van der Waals surface area contributed by atoms with Crippen LogP contribution >= 0.6 is 0 Å². The van der Waals surface area contributed by atoms with Crippen LogP contribution in [0, 0.1) is 11.8 Å². The predicted molar refractivity (Wildman–Crippen MR) is 158 cm³/mol. The molecule has 2 aromatic heterocycles. The number of rotatable bonds is 4. The Hall–Kier alpha value is -4.58.